The zero-order valence-corrected chi connectivity index (χ0v) is 12.1. The molecule has 0 heterocycles. The average molecular weight is 253 g/mol. The van der Waals surface area contributed by atoms with Gasteiger partial charge in [0, 0.05) is 12.6 Å². The summed E-state index contributed by atoms with van der Waals surface area (Å²) in [6, 6.07) is 17.7. The first-order valence-corrected chi connectivity index (χ1v) is 6.99. The van der Waals surface area contributed by atoms with Gasteiger partial charge in [-0.15, -0.1) is 0 Å². The van der Waals surface area contributed by atoms with Gasteiger partial charge in [0.1, 0.15) is 0 Å². The molecule has 1 nitrogen and oxygen atoms in total. The summed E-state index contributed by atoms with van der Waals surface area (Å²) >= 11 is 0. The van der Waals surface area contributed by atoms with Crippen molar-refractivity contribution in [1.29, 1.82) is 0 Å². The van der Waals surface area contributed by atoms with E-state index in [2.05, 4.69) is 74.6 Å². The summed E-state index contributed by atoms with van der Waals surface area (Å²) in [6.07, 6.45) is 1.08. The summed E-state index contributed by atoms with van der Waals surface area (Å²) in [5, 5.41) is 3.62. The average Bonchev–Trinajstić information content (AvgIpc) is 2.40. The molecule has 2 aromatic rings. The third-order valence-electron chi connectivity index (χ3n) is 3.69. The van der Waals surface area contributed by atoms with Crippen molar-refractivity contribution in [3.05, 3.63) is 70.8 Å². The third-order valence-corrected chi connectivity index (χ3v) is 3.69. The quantitative estimate of drug-likeness (QED) is 0.848. The van der Waals surface area contributed by atoms with Crippen LogP contribution in [0.25, 0.3) is 0 Å². The van der Waals surface area contributed by atoms with Crippen molar-refractivity contribution in [1.82, 2.24) is 5.32 Å². The van der Waals surface area contributed by atoms with Crippen LogP contribution in [-0.2, 0) is 13.0 Å². The molecule has 0 amide bonds. The van der Waals surface area contributed by atoms with Gasteiger partial charge in [0.2, 0.25) is 0 Å². The normalized spacial score (nSPS) is 12.4. The zero-order valence-electron chi connectivity index (χ0n) is 12.1. The van der Waals surface area contributed by atoms with Crippen LogP contribution in [0.15, 0.2) is 48.5 Å². The molecule has 0 saturated carbocycles. The second-order valence-corrected chi connectivity index (χ2v) is 5.34. The second kappa shape index (κ2) is 6.53. The highest BCUT2D eigenvalue weighted by Gasteiger charge is 2.05. The second-order valence-electron chi connectivity index (χ2n) is 5.34. The molecule has 19 heavy (non-hydrogen) atoms. The van der Waals surface area contributed by atoms with Crippen molar-refractivity contribution in [3.63, 3.8) is 0 Å². The van der Waals surface area contributed by atoms with E-state index in [0.29, 0.717) is 6.04 Å². The molecule has 0 fully saturated rings. The van der Waals surface area contributed by atoms with E-state index < -0.39 is 0 Å². The van der Waals surface area contributed by atoms with Crippen LogP contribution in [0, 0.1) is 13.8 Å². The van der Waals surface area contributed by atoms with Crippen LogP contribution in [0.4, 0.5) is 0 Å². The van der Waals surface area contributed by atoms with Crippen molar-refractivity contribution in [2.75, 3.05) is 0 Å². The van der Waals surface area contributed by atoms with Gasteiger partial charge >= 0.3 is 0 Å². The predicted molar refractivity (Wildman–Crippen MR) is 82.4 cm³/mol. The summed E-state index contributed by atoms with van der Waals surface area (Å²) in [5.74, 6) is 0. The molecule has 0 spiro atoms. The summed E-state index contributed by atoms with van der Waals surface area (Å²) in [4.78, 5) is 0. The van der Waals surface area contributed by atoms with E-state index >= 15 is 0 Å². The first kappa shape index (κ1) is 13.8. The van der Waals surface area contributed by atoms with E-state index in [9.17, 15) is 0 Å². The molecule has 1 heteroatoms. The molecule has 0 radical (unpaired) electrons. The van der Waals surface area contributed by atoms with Gasteiger partial charge in [-0.1, -0.05) is 48.5 Å². The Morgan fingerprint density at radius 2 is 1.37 bits per heavy atom. The van der Waals surface area contributed by atoms with E-state index in [1.54, 1.807) is 0 Å². The molecular weight excluding hydrogens is 230 g/mol. The molecule has 0 aliphatic heterocycles. The lowest BCUT2D eigenvalue weighted by molar-refractivity contribution is 0.543. The van der Waals surface area contributed by atoms with Crippen molar-refractivity contribution >= 4 is 0 Å². The fourth-order valence-electron chi connectivity index (χ4n) is 2.33. The van der Waals surface area contributed by atoms with E-state index in [4.69, 9.17) is 0 Å². The molecule has 0 aliphatic rings. The number of rotatable bonds is 5. The van der Waals surface area contributed by atoms with Crippen LogP contribution in [0.3, 0.4) is 0 Å². The number of hydrogen-bond donors (Lipinski definition) is 1. The first-order valence-electron chi connectivity index (χ1n) is 6.99. The van der Waals surface area contributed by atoms with Crippen LogP contribution in [-0.4, -0.2) is 6.04 Å². The Labute approximate surface area is 116 Å². The maximum Gasteiger partial charge on any atom is 0.0210 e. The topological polar surface area (TPSA) is 12.0 Å². The molecule has 1 atom stereocenters. The van der Waals surface area contributed by atoms with Gasteiger partial charge in [-0.25, -0.2) is 0 Å². The Morgan fingerprint density at radius 1 is 0.842 bits per heavy atom. The fourth-order valence-corrected chi connectivity index (χ4v) is 2.33. The van der Waals surface area contributed by atoms with Crippen molar-refractivity contribution in [2.45, 2.75) is 39.8 Å². The summed E-state index contributed by atoms with van der Waals surface area (Å²) in [5.41, 5.74) is 5.57. The van der Waals surface area contributed by atoms with Gasteiger partial charge in [-0.05, 0) is 49.4 Å². The van der Waals surface area contributed by atoms with Crippen molar-refractivity contribution in [2.24, 2.45) is 0 Å². The first-order chi connectivity index (χ1) is 9.16. The lowest BCUT2D eigenvalue weighted by Gasteiger charge is -2.16. The summed E-state index contributed by atoms with van der Waals surface area (Å²) in [6.45, 7) is 7.55. The Hall–Kier alpha value is -1.60. The Bertz CT molecular complexity index is 531. The van der Waals surface area contributed by atoms with Gasteiger partial charge in [-0.2, -0.15) is 0 Å². The van der Waals surface area contributed by atoms with Crippen LogP contribution >= 0.6 is 0 Å². The van der Waals surface area contributed by atoms with Crippen LogP contribution in [0.5, 0.6) is 0 Å². The molecular formula is C18H23N. The lowest BCUT2D eigenvalue weighted by atomic mass is 10.0. The Morgan fingerprint density at radius 3 is 1.95 bits per heavy atom. The van der Waals surface area contributed by atoms with Crippen LogP contribution in [0.1, 0.15) is 29.2 Å². The highest BCUT2D eigenvalue weighted by Crippen LogP contribution is 2.11. The maximum absolute atomic E-state index is 3.62. The number of aryl methyl sites for hydroxylation is 2. The summed E-state index contributed by atoms with van der Waals surface area (Å²) in [7, 11) is 0. The largest absolute Gasteiger partial charge is 0.310 e. The molecule has 0 bridgehead atoms. The van der Waals surface area contributed by atoms with Gasteiger partial charge in [0.25, 0.3) is 0 Å². The Kier molecular flexibility index (Phi) is 4.75. The minimum Gasteiger partial charge on any atom is -0.310 e. The van der Waals surface area contributed by atoms with Gasteiger partial charge < -0.3 is 5.32 Å². The van der Waals surface area contributed by atoms with E-state index in [-0.39, 0.29) is 0 Å². The predicted octanol–water partition coefficient (Wildman–Crippen LogP) is 4.02. The summed E-state index contributed by atoms with van der Waals surface area (Å²) < 4.78 is 0. The fraction of sp³-hybridized carbons (Fsp3) is 0.333. The van der Waals surface area contributed by atoms with Gasteiger partial charge in [-0.3, -0.25) is 0 Å². The standard InChI is InChI=1S/C18H23N/c1-14-8-4-6-10-17(14)12-16(3)19-13-18-11-7-5-9-15(18)2/h4-11,16,19H,12-13H2,1-3H3. The van der Waals surface area contributed by atoms with Crippen LogP contribution < -0.4 is 5.32 Å². The molecule has 1 unspecified atom stereocenters. The highest BCUT2D eigenvalue weighted by molar-refractivity contribution is 5.27. The van der Waals surface area contributed by atoms with E-state index in [0.717, 1.165) is 13.0 Å². The third kappa shape index (κ3) is 3.93. The number of hydrogen-bond acceptors (Lipinski definition) is 1. The molecule has 0 aromatic heterocycles. The SMILES string of the molecule is Cc1ccccc1CNC(C)Cc1ccccc1C. The van der Waals surface area contributed by atoms with Crippen molar-refractivity contribution in [3.8, 4) is 0 Å². The molecule has 100 valence electrons. The number of benzene rings is 2. The monoisotopic (exact) mass is 253 g/mol. The van der Waals surface area contributed by atoms with E-state index in [1.165, 1.54) is 22.3 Å². The lowest BCUT2D eigenvalue weighted by Crippen LogP contribution is -2.28. The Balaban J connectivity index is 1.90. The van der Waals surface area contributed by atoms with Gasteiger partial charge in [0.15, 0.2) is 0 Å². The number of nitrogens with one attached hydrogen (secondary N) is 1. The zero-order chi connectivity index (χ0) is 13.7. The molecule has 0 saturated heterocycles. The molecule has 1 N–H and O–H groups in total. The van der Waals surface area contributed by atoms with Gasteiger partial charge in [0.05, 0.1) is 0 Å². The minimum atomic E-state index is 0.487. The highest BCUT2D eigenvalue weighted by atomic mass is 14.9. The minimum absolute atomic E-state index is 0.487. The van der Waals surface area contributed by atoms with Crippen molar-refractivity contribution < 1.29 is 0 Å². The molecule has 2 rings (SSSR count). The van der Waals surface area contributed by atoms with Crippen LogP contribution in [0.2, 0.25) is 0 Å². The van der Waals surface area contributed by atoms with E-state index in [1.807, 2.05) is 0 Å². The maximum atomic E-state index is 3.62. The molecule has 0 aliphatic carbocycles. The molecule has 2 aromatic carbocycles. The smallest absolute Gasteiger partial charge is 0.0210 e.